The van der Waals surface area contributed by atoms with Gasteiger partial charge in [-0.1, -0.05) is 56.4 Å². The van der Waals surface area contributed by atoms with Crippen molar-refractivity contribution in [1.29, 1.82) is 0 Å². The molecule has 0 unspecified atom stereocenters. The molecule has 0 atom stereocenters. The second kappa shape index (κ2) is 9.91. The van der Waals surface area contributed by atoms with E-state index >= 15 is 0 Å². The molecule has 0 N–H and O–H groups in total. The maximum absolute atomic E-state index is 13.9. The van der Waals surface area contributed by atoms with Crippen molar-refractivity contribution in [2.75, 3.05) is 17.2 Å². The minimum atomic E-state index is -3.58. The third-order valence-electron chi connectivity index (χ3n) is 6.01. The van der Waals surface area contributed by atoms with E-state index < -0.39 is 9.84 Å². The Hall–Kier alpha value is -3.04. The Bertz CT molecular complexity index is 1490. The number of amides is 1. The van der Waals surface area contributed by atoms with Crippen molar-refractivity contribution in [3.8, 4) is 0 Å². The summed E-state index contributed by atoms with van der Waals surface area (Å²) < 4.78 is 28.4. The zero-order valence-corrected chi connectivity index (χ0v) is 22.3. The molecular weight excluding hydrogens is 480 g/mol. The predicted molar refractivity (Wildman–Crippen MR) is 141 cm³/mol. The van der Waals surface area contributed by atoms with Crippen molar-refractivity contribution in [2.24, 2.45) is 0 Å². The molecule has 0 aliphatic rings. The lowest BCUT2D eigenvalue weighted by molar-refractivity contribution is 0.0982. The first-order valence-electron chi connectivity index (χ1n) is 11.7. The molecule has 2 aromatic heterocycles. The Balaban J connectivity index is 1.82. The highest BCUT2D eigenvalue weighted by Crippen LogP contribution is 2.34. The summed E-state index contributed by atoms with van der Waals surface area (Å²) in [6, 6.07) is 14.5. The molecule has 0 radical (unpaired) electrons. The van der Waals surface area contributed by atoms with Crippen LogP contribution in [0, 0.1) is 13.8 Å². The summed E-state index contributed by atoms with van der Waals surface area (Å²) in [4.78, 5) is 20.5. The lowest BCUT2D eigenvalue weighted by Gasteiger charge is -2.21. The van der Waals surface area contributed by atoms with E-state index in [9.17, 15) is 13.2 Å². The number of anilines is 1. The van der Waals surface area contributed by atoms with Gasteiger partial charge in [-0.3, -0.25) is 14.4 Å². The van der Waals surface area contributed by atoms with Gasteiger partial charge in [0, 0.05) is 12.2 Å². The van der Waals surface area contributed by atoms with Gasteiger partial charge in [0.1, 0.15) is 0 Å². The SMILES string of the molecule is CCS(=O)(=O)c1ccccc1C(=O)N(CCn1nc(C)cc1C)c1nc2c(C(C)C)cccc2s1. The van der Waals surface area contributed by atoms with Gasteiger partial charge in [-0.25, -0.2) is 13.4 Å². The molecule has 4 rings (SSSR count). The number of fused-ring (bicyclic) bond motifs is 1. The Morgan fingerprint density at radius 2 is 1.86 bits per heavy atom. The van der Waals surface area contributed by atoms with E-state index in [0.717, 1.165) is 27.2 Å². The molecule has 184 valence electrons. The molecule has 0 bridgehead atoms. The highest BCUT2D eigenvalue weighted by Gasteiger charge is 2.27. The number of thiazole rings is 1. The summed E-state index contributed by atoms with van der Waals surface area (Å²) in [7, 11) is -3.58. The fourth-order valence-corrected chi connectivity index (χ4v) is 6.25. The number of rotatable bonds is 8. The first-order valence-corrected chi connectivity index (χ1v) is 14.1. The fraction of sp³-hybridized carbons (Fsp3) is 0.346. The maximum Gasteiger partial charge on any atom is 0.261 e. The van der Waals surface area contributed by atoms with Crippen LogP contribution in [0.25, 0.3) is 10.2 Å². The van der Waals surface area contributed by atoms with Crippen LogP contribution in [0.4, 0.5) is 5.13 Å². The van der Waals surface area contributed by atoms with Crippen molar-refractivity contribution < 1.29 is 13.2 Å². The number of carbonyl (C=O) groups excluding carboxylic acids is 1. The zero-order chi connectivity index (χ0) is 25.3. The van der Waals surface area contributed by atoms with E-state index in [4.69, 9.17) is 4.98 Å². The molecule has 2 heterocycles. The van der Waals surface area contributed by atoms with Crippen LogP contribution in [0.5, 0.6) is 0 Å². The quantitative estimate of drug-likeness (QED) is 0.318. The molecule has 9 heteroatoms. The van der Waals surface area contributed by atoms with Gasteiger partial charge in [0.25, 0.3) is 5.91 Å². The Kier molecular flexibility index (Phi) is 7.10. The van der Waals surface area contributed by atoms with Crippen molar-refractivity contribution >= 4 is 42.4 Å². The number of benzene rings is 2. The number of nitrogens with zero attached hydrogens (tertiary/aromatic N) is 4. The van der Waals surface area contributed by atoms with E-state index in [1.165, 1.54) is 17.4 Å². The van der Waals surface area contributed by atoms with E-state index in [-0.39, 0.29) is 28.0 Å². The molecule has 0 saturated heterocycles. The minimum absolute atomic E-state index is 0.0487. The normalized spacial score (nSPS) is 11.9. The lowest BCUT2D eigenvalue weighted by Crippen LogP contribution is -2.35. The number of aromatic nitrogens is 3. The van der Waals surface area contributed by atoms with Gasteiger partial charge in [0.15, 0.2) is 15.0 Å². The summed E-state index contributed by atoms with van der Waals surface area (Å²) in [5.74, 6) is -0.186. The van der Waals surface area contributed by atoms with Crippen LogP contribution in [-0.4, -0.2) is 41.4 Å². The average molecular weight is 511 g/mol. The van der Waals surface area contributed by atoms with Gasteiger partial charge in [-0.2, -0.15) is 5.10 Å². The molecule has 0 fully saturated rings. The van der Waals surface area contributed by atoms with Crippen LogP contribution in [0.3, 0.4) is 0 Å². The van der Waals surface area contributed by atoms with Crippen molar-refractivity contribution in [1.82, 2.24) is 14.8 Å². The lowest BCUT2D eigenvalue weighted by atomic mass is 10.0. The van der Waals surface area contributed by atoms with Gasteiger partial charge >= 0.3 is 0 Å². The maximum atomic E-state index is 13.9. The van der Waals surface area contributed by atoms with Crippen LogP contribution in [0.2, 0.25) is 0 Å². The first kappa shape index (κ1) is 25.1. The van der Waals surface area contributed by atoms with Gasteiger partial charge < -0.3 is 0 Å². The first-order chi connectivity index (χ1) is 16.6. The molecule has 4 aromatic rings. The second-order valence-corrected chi connectivity index (χ2v) is 12.1. The highest BCUT2D eigenvalue weighted by molar-refractivity contribution is 7.91. The minimum Gasteiger partial charge on any atom is -0.282 e. The van der Waals surface area contributed by atoms with Crippen LogP contribution in [0.1, 0.15) is 54.0 Å². The number of carbonyl (C=O) groups is 1. The summed E-state index contributed by atoms with van der Waals surface area (Å²) >= 11 is 1.44. The average Bonchev–Trinajstić information content (AvgIpc) is 3.40. The number of sulfone groups is 1. The molecule has 0 aliphatic heterocycles. The summed E-state index contributed by atoms with van der Waals surface area (Å²) in [5.41, 5.74) is 4.05. The molecule has 35 heavy (non-hydrogen) atoms. The molecule has 2 aromatic carbocycles. The topological polar surface area (TPSA) is 85.2 Å². The van der Waals surface area contributed by atoms with Gasteiger partial charge in [0.05, 0.1) is 38.7 Å². The smallest absolute Gasteiger partial charge is 0.261 e. The van der Waals surface area contributed by atoms with E-state index in [1.807, 2.05) is 36.7 Å². The third-order valence-corrected chi connectivity index (χ3v) is 8.84. The number of aryl methyl sites for hydroxylation is 2. The van der Waals surface area contributed by atoms with Crippen LogP contribution in [0.15, 0.2) is 53.4 Å². The van der Waals surface area contributed by atoms with Gasteiger partial charge in [-0.15, -0.1) is 0 Å². The fourth-order valence-electron chi connectivity index (χ4n) is 4.13. The predicted octanol–water partition coefficient (Wildman–Crippen LogP) is 5.37. The molecule has 0 aliphatic carbocycles. The van der Waals surface area contributed by atoms with E-state index in [2.05, 4.69) is 25.0 Å². The summed E-state index contributed by atoms with van der Waals surface area (Å²) in [6.07, 6.45) is 0. The Morgan fingerprint density at radius 1 is 1.11 bits per heavy atom. The molecule has 7 nitrogen and oxygen atoms in total. The zero-order valence-electron chi connectivity index (χ0n) is 20.6. The summed E-state index contributed by atoms with van der Waals surface area (Å²) in [6.45, 7) is 10.5. The summed E-state index contributed by atoms with van der Waals surface area (Å²) in [5, 5.41) is 5.07. The molecule has 1 amide bonds. The van der Waals surface area contributed by atoms with E-state index in [1.54, 1.807) is 30.0 Å². The number of para-hydroxylation sites is 1. The third kappa shape index (κ3) is 5.01. The standard InChI is InChI=1S/C26H30N4O3S2/c1-6-35(32,33)23-13-8-7-10-21(23)25(31)29(14-15-30-19(5)16-18(4)28-30)26-27-24-20(17(2)3)11-9-12-22(24)34-26/h7-13,16-17H,6,14-15H2,1-5H3. The molecular formula is C26H30N4O3S2. The van der Waals surface area contributed by atoms with Crippen LogP contribution >= 0.6 is 11.3 Å². The monoisotopic (exact) mass is 510 g/mol. The number of hydrogen-bond donors (Lipinski definition) is 0. The largest absolute Gasteiger partial charge is 0.282 e. The van der Waals surface area contributed by atoms with Gasteiger partial charge in [-0.05, 0) is 49.6 Å². The van der Waals surface area contributed by atoms with Crippen molar-refractivity contribution in [3.63, 3.8) is 0 Å². The van der Waals surface area contributed by atoms with Crippen molar-refractivity contribution in [3.05, 3.63) is 71.0 Å². The Labute approximate surface area is 210 Å². The Morgan fingerprint density at radius 3 is 2.51 bits per heavy atom. The van der Waals surface area contributed by atoms with Crippen molar-refractivity contribution in [2.45, 2.75) is 52.0 Å². The molecule has 0 spiro atoms. The second-order valence-electron chi connectivity index (χ2n) is 8.85. The van der Waals surface area contributed by atoms with E-state index in [0.29, 0.717) is 18.2 Å². The molecule has 0 saturated carbocycles. The van der Waals surface area contributed by atoms with Crippen LogP contribution in [-0.2, 0) is 16.4 Å². The van der Waals surface area contributed by atoms with Gasteiger partial charge in [0.2, 0.25) is 0 Å². The van der Waals surface area contributed by atoms with Crippen LogP contribution < -0.4 is 4.90 Å². The number of hydrogen-bond acceptors (Lipinski definition) is 6. The highest BCUT2D eigenvalue weighted by atomic mass is 32.2.